The molecule has 7 nitrogen and oxygen atoms in total. The maximum atomic E-state index is 11.7. The maximum Gasteiger partial charge on any atom is 0.220 e. The van der Waals surface area contributed by atoms with E-state index in [1.54, 1.807) is 0 Å². The molecule has 0 spiro atoms. The Morgan fingerprint density at radius 3 is 2.78 bits per heavy atom. The third-order valence-electron chi connectivity index (χ3n) is 4.47. The lowest BCUT2D eigenvalue weighted by molar-refractivity contribution is -0.121. The molecule has 0 aliphatic carbocycles. The maximum absolute atomic E-state index is 11.7. The van der Waals surface area contributed by atoms with Gasteiger partial charge in [0, 0.05) is 19.5 Å². The van der Waals surface area contributed by atoms with Crippen LogP contribution in [-0.4, -0.2) is 38.6 Å². The van der Waals surface area contributed by atoms with Crippen LogP contribution < -0.4 is 10.6 Å². The molecule has 1 amide bonds. The van der Waals surface area contributed by atoms with E-state index in [0.717, 1.165) is 60.7 Å². The summed E-state index contributed by atoms with van der Waals surface area (Å²) in [6.07, 6.45) is 3.47. The lowest BCUT2D eigenvalue weighted by Crippen LogP contribution is -2.26. The van der Waals surface area contributed by atoms with Crippen molar-refractivity contribution in [2.75, 3.05) is 18.4 Å². The predicted molar refractivity (Wildman–Crippen MR) is 108 cm³/mol. The summed E-state index contributed by atoms with van der Waals surface area (Å²) in [6, 6.07) is 8.00. The van der Waals surface area contributed by atoms with Crippen molar-refractivity contribution >= 4 is 28.4 Å². The number of carbonyl (C=O) groups excluding carboxylic acids is 1. The quantitative estimate of drug-likeness (QED) is 0.566. The summed E-state index contributed by atoms with van der Waals surface area (Å²) < 4.78 is 2.03. The van der Waals surface area contributed by atoms with Crippen molar-refractivity contribution in [3.05, 3.63) is 30.1 Å². The van der Waals surface area contributed by atoms with E-state index in [2.05, 4.69) is 34.7 Å². The molecule has 144 valence electrons. The van der Waals surface area contributed by atoms with Crippen LogP contribution in [0, 0.1) is 12.8 Å². The molecule has 0 unspecified atom stereocenters. The Morgan fingerprint density at radius 2 is 1.96 bits per heavy atom. The number of nitrogens with one attached hydrogen (secondary N) is 2. The van der Waals surface area contributed by atoms with Gasteiger partial charge in [0.15, 0.2) is 5.82 Å². The van der Waals surface area contributed by atoms with Crippen LogP contribution in [0.25, 0.3) is 16.7 Å². The van der Waals surface area contributed by atoms with E-state index < -0.39 is 0 Å². The molecule has 0 radical (unpaired) electrons. The Bertz CT molecular complexity index is 917. The number of aryl methyl sites for hydroxylation is 1. The first-order chi connectivity index (χ1) is 13.1. The van der Waals surface area contributed by atoms with Gasteiger partial charge in [-0.3, -0.25) is 9.20 Å². The number of anilines is 1. The van der Waals surface area contributed by atoms with Gasteiger partial charge in [0.25, 0.3) is 0 Å². The highest BCUT2D eigenvalue weighted by molar-refractivity contribution is 5.82. The summed E-state index contributed by atoms with van der Waals surface area (Å²) in [5.41, 5.74) is 2.67. The molecular weight excluding hydrogens is 340 g/mol. The molecule has 2 heterocycles. The van der Waals surface area contributed by atoms with Crippen LogP contribution >= 0.6 is 0 Å². The van der Waals surface area contributed by atoms with E-state index >= 15 is 0 Å². The van der Waals surface area contributed by atoms with Crippen LogP contribution in [0.3, 0.4) is 0 Å². The number of nitrogens with zero attached hydrogens (tertiary/aromatic N) is 4. The third kappa shape index (κ3) is 4.72. The lowest BCUT2D eigenvalue weighted by Gasteiger charge is -2.10. The van der Waals surface area contributed by atoms with E-state index in [9.17, 15) is 4.79 Å². The molecule has 0 saturated carbocycles. The predicted octanol–water partition coefficient (Wildman–Crippen LogP) is 3.33. The number of aromatic nitrogens is 4. The molecule has 3 rings (SSSR count). The number of para-hydroxylation sites is 2. The van der Waals surface area contributed by atoms with E-state index in [-0.39, 0.29) is 5.91 Å². The Hall–Kier alpha value is -2.70. The number of amides is 1. The zero-order valence-corrected chi connectivity index (χ0v) is 16.3. The Kier molecular flexibility index (Phi) is 6.21. The minimum Gasteiger partial charge on any atom is -0.367 e. The number of unbranched alkanes of at least 4 members (excludes halogenated alkanes) is 2. The number of hydrogen-bond acceptors (Lipinski definition) is 5. The second-order valence-electron chi connectivity index (χ2n) is 7.29. The molecule has 2 N–H and O–H groups in total. The zero-order valence-electron chi connectivity index (χ0n) is 16.3. The van der Waals surface area contributed by atoms with Gasteiger partial charge in [0.05, 0.1) is 11.0 Å². The highest BCUT2D eigenvalue weighted by Crippen LogP contribution is 2.21. The first kappa shape index (κ1) is 19.1. The monoisotopic (exact) mass is 368 g/mol. The van der Waals surface area contributed by atoms with E-state index in [0.29, 0.717) is 12.3 Å². The zero-order chi connectivity index (χ0) is 19.2. The van der Waals surface area contributed by atoms with Gasteiger partial charge in [-0.15, -0.1) is 10.2 Å². The molecule has 3 aromatic rings. The van der Waals surface area contributed by atoms with Gasteiger partial charge in [-0.25, -0.2) is 4.98 Å². The van der Waals surface area contributed by atoms with Crippen molar-refractivity contribution < 1.29 is 4.79 Å². The van der Waals surface area contributed by atoms with Crippen molar-refractivity contribution in [2.45, 2.75) is 46.5 Å². The van der Waals surface area contributed by atoms with Gasteiger partial charge in [-0.05, 0) is 37.8 Å². The molecule has 0 fully saturated rings. The highest BCUT2D eigenvalue weighted by Gasteiger charge is 2.12. The molecular formula is C20H28N6O. The fourth-order valence-corrected chi connectivity index (χ4v) is 3.04. The highest BCUT2D eigenvalue weighted by atomic mass is 16.1. The molecule has 7 heteroatoms. The number of benzene rings is 1. The number of hydrogen-bond donors (Lipinski definition) is 2. The van der Waals surface area contributed by atoms with Gasteiger partial charge < -0.3 is 10.6 Å². The van der Waals surface area contributed by atoms with Crippen LogP contribution in [0.5, 0.6) is 0 Å². The van der Waals surface area contributed by atoms with Crippen molar-refractivity contribution in [1.82, 2.24) is 24.9 Å². The van der Waals surface area contributed by atoms with E-state index in [4.69, 9.17) is 4.98 Å². The van der Waals surface area contributed by atoms with Crippen LogP contribution in [0.1, 0.15) is 45.4 Å². The average Bonchev–Trinajstić information content (AvgIpc) is 3.05. The SMILES string of the molecule is Cc1nnc2c(NCCCCCC(=O)NCC(C)C)nc3ccccc3n12. The summed E-state index contributed by atoms with van der Waals surface area (Å²) in [6.45, 7) is 7.68. The number of carbonyl (C=O) groups is 1. The first-order valence-corrected chi connectivity index (χ1v) is 9.67. The van der Waals surface area contributed by atoms with E-state index in [1.165, 1.54) is 0 Å². The van der Waals surface area contributed by atoms with Gasteiger partial charge in [0.2, 0.25) is 11.6 Å². The Morgan fingerprint density at radius 1 is 1.15 bits per heavy atom. The fourth-order valence-electron chi connectivity index (χ4n) is 3.04. The van der Waals surface area contributed by atoms with Crippen LogP contribution in [0.2, 0.25) is 0 Å². The first-order valence-electron chi connectivity index (χ1n) is 9.67. The smallest absolute Gasteiger partial charge is 0.220 e. The Balaban J connectivity index is 1.53. The van der Waals surface area contributed by atoms with Gasteiger partial charge in [-0.1, -0.05) is 32.4 Å². The topological polar surface area (TPSA) is 84.2 Å². The largest absolute Gasteiger partial charge is 0.367 e. The van der Waals surface area contributed by atoms with Crippen molar-refractivity contribution in [3.8, 4) is 0 Å². The molecule has 27 heavy (non-hydrogen) atoms. The van der Waals surface area contributed by atoms with Crippen molar-refractivity contribution in [2.24, 2.45) is 5.92 Å². The molecule has 0 aliphatic rings. The van der Waals surface area contributed by atoms with Crippen molar-refractivity contribution in [1.29, 1.82) is 0 Å². The van der Waals surface area contributed by atoms with E-state index in [1.807, 2.05) is 35.6 Å². The normalized spacial score (nSPS) is 11.4. The summed E-state index contributed by atoms with van der Waals surface area (Å²) in [5.74, 6) is 2.24. The molecule has 0 atom stereocenters. The summed E-state index contributed by atoms with van der Waals surface area (Å²) in [7, 11) is 0. The lowest BCUT2D eigenvalue weighted by atomic mass is 10.1. The molecule has 0 bridgehead atoms. The molecule has 0 aliphatic heterocycles. The second kappa shape index (κ2) is 8.79. The van der Waals surface area contributed by atoms with Crippen molar-refractivity contribution in [3.63, 3.8) is 0 Å². The third-order valence-corrected chi connectivity index (χ3v) is 4.47. The summed E-state index contributed by atoms with van der Waals surface area (Å²) in [4.78, 5) is 16.4. The van der Waals surface area contributed by atoms with Crippen LogP contribution in [0.4, 0.5) is 5.82 Å². The van der Waals surface area contributed by atoms with Gasteiger partial charge in [0.1, 0.15) is 5.82 Å². The van der Waals surface area contributed by atoms with Crippen LogP contribution in [-0.2, 0) is 4.79 Å². The number of fused-ring (bicyclic) bond motifs is 3. The molecule has 2 aromatic heterocycles. The Labute approximate surface area is 159 Å². The molecule has 1 aromatic carbocycles. The second-order valence-corrected chi connectivity index (χ2v) is 7.29. The number of rotatable bonds is 9. The summed E-state index contributed by atoms with van der Waals surface area (Å²) in [5, 5.41) is 14.8. The van der Waals surface area contributed by atoms with Gasteiger partial charge in [-0.2, -0.15) is 0 Å². The average molecular weight is 368 g/mol. The standard InChI is InChI=1S/C20H28N6O/c1-14(2)13-22-18(27)11-5-4-8-12-21-19-20-25-24-15(3)26(20)17-10-7-6-9-16(17)23-19/h6-7,9-10,14H,4-5,8,11-13H2,1-3H3,(H,21,23)(H,22,27). The fraction of sp³-hybridized carbons (Fsp3) is 0.500. The molecule has 0 saturated heterocycles. The minimum atomic E-state index is 0.147. The summed E-state index contributed by atoms with van der Waals surface area (Å²) >= 11 is 0. The van der Waals surface area contributed by atoms with Crippen LogP contribution in [0.15, 0.2) is 24.3 Å². The minimum absolute atomic E-state index is 0.147. The van der Waals surface area contributed by atoms with Gasteiger partial charge >= 0.3 is 0 Å².